The summed E-state index contributed by atoms with van der Waals surface area (Å²) in [7, 11) is 0. The van der Waals surface area contributed by atoms with E-state index in [0.717, 1.165) is 17.1 Å². The summed E-state index contributed by atoms with van der Waals surface area (Å²) >= 11 is 2.73. The summed E-state index contributed by atoms with van der Waals surface area (Å²) in [6, 6.07) is 2.98. The van der Waals surface area contributed by atoms with Crippen molar-refractivity contribution in [3.8, 4) is 10.4 Å². The lowest BCUT2D eigenvalue weighted by atomic mass is 10.1. The van der Waals surface area contributed by atoms with Crippen molar-refractivity contribution in [1.82, 2.24) is 9.88 Å². The fourth-order valence-electron chi connectivity index (χ4n) is 2.50. The first-order valence-corrected chi connectivity index (χ1v) is 8.98. The first kappa shape index (κ1) is 16.4. The SMILES string of the molecule is Cc1ccc(-c2scnc2C(=O)N2CCSC2CN)c(F)c1F. The van der Waals surface area contributed by atoms with Crippen molar-refractivity contribution in [3.05, 3.63) is 40.5 Å². The van der Waals surface area contributed by atoms with Gasteiger partial charge < -0.3 is 10.6 Å². The van der Waals surface area contributed by atoms with Crippen molar-refractivity contribution in [2.24, 2.45) is 5.73 Å². The number of aryl methyl sites for hydroxylation is 1. The molecule has 4 nitrogen and oxygen atoms in total. The molecule has 0 spiro atoms. The second-order valence-corrected chi connectivity index (χ2v) is 7.29. The third kappa shape index (κ3) is 2.86. The number of carbonyl (C=O) groups excluding carboxylic acids is 1. The van der Waals surface area contributed by atoms with Crippen LogP contribution in [-0.2, 0) is 0 Å². The molecular formula is C15H15F2N3OS2. The van der Waals surface area contributed by atoms with Crippen molar-refractivity contribution in [1.29, 1.82) is 0 Å². The molecule has 1 fully saturated rings. The number of rotatable bonds is 3. The van der Waals surface area contributed by atoms with Crippen molar-refractivity contribution < 1.29 is 13.6 Å². The molecule has 3 rings (SSSR count). The number of nitrogens with two attached hydrogens (primary N) is 1. The Balaban J connectivity index is 2.00. The molecule has 23 heavy (non-hydrogen) atoms. The van der Waals surface area contributed by atoms with Crippen LogP contribution in [0.2, 0.25) is 0 Å². The Morgan fingerprint density at radius 3 is 2.96 bits per heavy atom. The van der Waals surface area contributed by atoms with E-state index in [2.05, 4.69) is 4.98 Å². The summed E-state index contributed by atoms with van der Waals surface area (Å²) < 4.78 is 28.1. The number of carbonyl (C=O) groups is 1. The van der Waals surface area contributed by atoms with Gasteiger partial charge in [0.25, 0.3) is 5.91 Å². The molecule has 1 amide bonds. The standard InChI is InChI=1S/C15H15F2N3OS2/c1-8-2-3-9(12(17)11(8)16)14-13(19-7-23-14)15(21)20-4-5-22-10(20)6-18/h2-3,7,10H,4-6,18H2,1H3. The molecule has 2 N–H and O–H groups in total. The number of thioether (sulfide) groups is 1. The van der Waals surface area contributed by atoms with Gasteiger partial charge >= 0.3 is 0 Å². The molecule has 1 atom stereocenters. The predicted octanol–water partition coefficient (Wildman–Crippen LogP) is 2.87. The van der Waals surface area contributed by atoms with Gasteiger partial charge in [0, 0.05) is 24.4 Å². The topological polar surface area (TPSA) is 59.2 Å². The largest absolute Gasteiger partial charge is 0.328 e. The summed E-state index contributed by atoms with van der Waals surface area (Å²) in [4.78, 5) is 18.8. The second kappa shape index (κ2) is 6.54. The average Bonchev–Trinajstić information content (AvgIpc) is 3.21. The van der Waals surface area contributed by atoms with Crippen LogP contribution in [-0.4, -0.2) is 40.0 Å². The van der Waals surface area contributed by atoms with Crippen LogP contribution in [0.4, 0.5) is 8.78 Å². The van der Waals surface area contributed by atoms with Crippen LogP contribution < -0.4 is 5.73 Å². The van der Waals surface area contributed by atoms with E-state index in [-0.39, 0.29) is 28.1 Å². The summed E-state index contributed by atoms with van der Waals surface area (Å²) in [5, 5.41) is -0.100. The minimum Gasteiger partial charge on any atom is -0.328 e. The number of hydrogen-bond acceptors (Lipinski definition) is 5. The number of hydrogen-bond donors (Lipinski definition) is 1. The van der Waals surface area contributed by atoms with Crippen LogP contribution >= 0.6 is 23.1 Å². The first-order chi connectivity index (χ1) is 11.0. The summed E-state index contributed by atoms with van der Waals surface area (Å²) in [5.41, 5.74) is 7.60. The van der Waals surface area contributed by atoms with Gasteiger partial charge in [-0.05, 0) is 12.5 Å². The quantitative estimate of drug-likeness (QED) is 0.920. The molecule has 2 aromatic rings. The van der Waals surface area contributed by atoms with E-state index in [9.17, 15) is 13.6 Å². The molecule has 122 valence electrons. The van der Waals surface area contributed by atoms with Crippen molar-refractivity contribution in [3.63, 3.8) is 0 Å². The molecule has 1 aliphatic rings. The fourth-order valence-corrected chi connectivity index (χ4v) is 4.39. The highest BCUT2D eigenvalue weighted by Crippen LogP contribution is 2.34. The number of amides is 1. The molecular weight excluding hydrogens is 340 g/mol. The number of halogens is 2. The summed E-state index contributed by atoms with van der Waals surface area (Å²) in [6.45, 7) is 2.42. The molecule has 0 radical (unpaired) electrons. The molecule has 1 aromatic heterocycles. The maximum Gasteiger partial charge on any atom is 0.274 e. The van der Waals surface area contributed by atoms with Gasteiger partial charge in [0.2, 0.25) is 0 Å². The smallest absolute Gasteiger partial charge is 0.274 e. The van der Waals surface area contributed by atoms with Crippen LogP contribution in [0.1, 0.15) is 16.1 Å². The summed E-state index contributed by atoms with van der Waals surface area (Å²) in [5.74, 6) is -1.33. The van der Waals surface area contributed by atoms with Crippen LogP contribution in [0, 0.1) is 18.6 Å². The number of aromatic nitrogens is 1. The van der Waals surface area contributed by atoms with Crippen LogP contribution in [0.15, 0.2) is 17.6 Å². The van der Waals surface area contributed by atoms with Gasteiger partial charge in [-0.1, -0.05) is 12.1 Å². The van der Waals surface area contributed by atoms with Crippen LogP contribution in [0.5, 0.6) is 0 Å². The van der Waals surface area contributed by atoms with Crippen molar-refractivity contribution in [2.75, 3.05) is 18.8 Å². The van der Waals surface area contributed by atoms with Gasteiger partial charge in [0.1, 0.15) is 5.69 Å². The lowest BCUT2D eigenvalue weighted by Crippen LogP contribution is -2.39. The molecule has 0 bridgehead atoms. The van der Waals surface area contributed by atoms with Crippen LogP contribution in [0.3, 0.4) is 0 Å². The van der Waals surface area contributed by atoms with Gasteiger partial charge in [0.15, 0.2) is 11.6 Å². The Bertz CT molecular complexity index is 750. The normalized spacial score (nSPS) is 17.7. The zero-order chi connectivity index (χ0) is 16.6. The Hall–Kier alpha value is -1.51. The van der Waals surface area contributed by atoms with E-state index in [1.165, 1.54) is 24.6 Å². The molecule has 1 saturated heterocycles. The fraction of sp³-hybridized carbons (Fsp3) is 0.333. The zero-order valence-corrected chi connectivity index (χ0v) is 14.0. The summed E-state index contributed by atoms with van der Waals surface area (Å²) in [6.07, 6.45) is 0. The third-order valence-electron chi connectivity index (χ3n) is 3.74. The Kier molecular flexibility index (Phi) is 4.65. The molecule has 1 aliphatic heterocycles. The number of thiazole rings is 1. The van der Waals surface area contributed by atoms with Gasteiger partial charge in [-0.2, -0.15) is 0 Å². The number of nitrogens with zero attached hydrogens (tertiary/aromatic N) is 2. The second-order valence-electron chi connectivity index (χ2n) is 5.15. The van der Waals surface area contributed by atoms with E-state index in [1.54, 1.807) is 16.7 Å². The highest BCUT2D eigenvalue weighted by atomic mass is 32.2. The molecule has 0 saturated carbocycles. The third-order valence-corrected chi connectivity index (χ3v) is 5.85. The lowest BCUT2D eigenvalue weighted by molar-refractivity contribution is 0.0760. The molecule has 0 aliphatic carbocycles. The van der Waals surface area contributed by atoms with Crippen LogP contribution in [0.25, 0.3) is 10.4 Å². The molecule has 1 aromatic carbocycles. The van der Waals surface area contributed by atoms with Gasteiger partial charge in [-0.25, -0.2) is 13.8 Å². The molecule has 2 heterocycles. The van der Waals surface area contributed by atoms with E-state index in [4.69, 9.17) is 5.73 Å². The maximum absolute atomic E-state index is 14.2. The Morgan fingerprint density at radius 1 is 1.43 bits per heavy atom. The van der Waals surface area contributed by atoms with E-state index < -0.39 is 11.6 Å². The minimum absolute atomic E-state index is 0.0649. The van der Waals surface area contributed by atoms with E-state index in [0.29, 0.717) is 18.0 Å². The van der Waals surface area contributed by atoms with E-state index >= 15 is 0 Å². The predicted molar refractivity (Wildman–Crippen MR) is 88.5 cm³/mol. The first-order valence-electron chi connectivity index (χ1n) is 7.05. The van der Waals surface area contributed by atoms with Gasteiger partial charge in [-0.3, -0.25) is 4.79 Å². The lowest BCUT2D eigenvalue weighted by Gasteiger charge is -2.22. The Morgan fingerprint density at radius 2 is 2.22 bits per heavy atom. The Labute approximate surface area is 140 Å². The van der Waals surface area contributed by atoms with Crippen molar-refractivity contribution in [2.45, 2.75) is 12.3 Å². The maximum atomic E-state index is 14.2. The highest BCUT2D eigenvalue weighted by molar-refractivity contribution is 8.00. The molecule has 8 heteroatoms. The van der Waals surface area contributed by atoms with E-state index in [1.807, 2.05) is 0 Å². The van der Waals surface area contributed by atoms with Crippen molar-refractivity contribution >= 4 is 29.0 Å². The monoisotopic (exact) mass is 355 g/mol. The zero-order valence-electron chi connectivity index (χ0n) is 12.4. The average molecular weight is 355 g/mol. The van der Waals surface area contributed by atoms with Gasteiger partial charge in [-0.15, -0.1) is 23.1 Å². The molecule has 1 unspecified atom stereocenters. The van der Waals surface area contributed by atoms with Gasteiger partial charge in [0.05, 0.1) is 15.8 Å². The number of benzene rings is 1. The highest BCUT2D eigenvalue weighted by Gasteiger charge is 2.32. The minimum atomic E-state index is -0.950.